The van der Waals surface area contributed by atoms with Crippen LogP contribution in [0.4, 0.5) is 0 Å². The Hall–Kier alpha value is -0.200. The van der Waals surface area contributed by atoms with Crippen LogP contribution in [0.5, 0.6) is 0 Å². The van der Waals surface area contributed by atoms with Gasteiger partial charge in [-0.05, 0) is 7.05 Å². The summed E-state index contributed by atoms with van der Waals surface area (Å²) in [6.07, 6.45) is -0.526. The number of aliphatic hydroxyl groups is 1. The molecule has 0 amide bonds. The molecule has 0 aromatic heterocycles. The van der Waals surface area contributed by atoms with Gasteiger partial charge in [-0.15, -0.1) is 0 Å². The number of β-amino-alcohol motifs (C(OH)–C–C–N with tert-alkyl or cyclic N) is 1. The fourth-order valence-electron chi connectivity index (χ4n) is 1.72. The second kappa shape index (κ2) is 5.63. The van der Waals surface area contributed by atoms with Gasteiger partial charge >= 0.3 is 0 Å². The maximum absolute atomic E-state index is 9.63. The van der Waals surface area contributed by atoms with Crippen molar-refractivity contribution in [2.24, 2.45) is 0 Å². The van der Waals surface area contributed by atoms with Gasteiger partial charge < -0.3 is 19.9 Å². The molecule has 1 rings (SSSR count). The molecule has 0 spiro atoms. The highest BCUT2D eigenvalue weighted by Crippen LogP contribution is 2.08. The van der Waals surface area contributed by atoms with E-state index in [9.17, 15) is 5.11 Å². The first-order valence-electron chi connectivity index (χ1n) is 4.83. The predicted octanol–water partition coefficient (Wildman–Crippen LogP) is -1.13. The molecule has 0 saturated carbocycles. The standard InChI is InChI=1S/C9H20N2O3/c1-11(6-9(13-2)14-3)7-4-10-5-8(7)12/h7-10,12H,4-6H2,1-3H3/t7-,8-/m1/s1. The lowest BCUT2D eigenvalue weighted by molar-refractivity contribution is -0.119. The molecule has 0 bridgehead atoms. The number of ether oxygens (including phenoxy) is 2. The average Bonchev–Trinajstić information content (AvgIpc) is 2.60. The van der Waals surface area contributed by atoms with Gasteiger partial charge in [-0.1, -0.05) is 0 Å². The summed E-state index contributed by atoms with van der Waals surface area (Å²) in [5.41, 5.74) is 0. The third-order valence-corrected chi connectivity index (χ3v) is 2.68. The van der Waals surface area contributed by atoms with E-state index in [1.54, 1.807) is 14.2 Å². The van der Waals surface area contributed by atoms with E-state index >= 15 is 0 Å². The molecule has 2 atom stereocenters. The Labute approximate surface area is 85.0 Å². The Bertz CT molecular complexity index is 164. The Morgan fingerprint density at radius 2 is 2.07 bits per heavy atom. The second-order valence-corrected chi connectivity index (χ2v) is 3.63. The van der Waals surface area contributed by atoms with Crippen LogP contribution in [0.2, 0.25) is 0 Å². The minimum Gasteiger partial charge on any atom is -0.390 e. The van der Waals surface area contributed by atoms with Crippen LogP contribution in [-0.4, -0.2) is 69.3 Å². The number of aliphatic hydroxyl groups excluding tert-OH is 1. The first-order chi connectivity index (χ1) is 6.69. The quantitative estimate of drug-likeness (QED) is 0.555. The summed E-state index contributed by atoms with van der Waals surface area (Å²) in [6, 6.07) is 0.155. The molecule has 0 aliphatic carbocycles. The fraction of sp³-hybridized carbons (Fsp3) is 1.00. The Balaban J connectivity index is 2.36. The first kappa shape index (κ1) is 11.9. The lowest BCUT2D eigenvalue weighted by Gasteiger charge is -2.28. The lowest BCUT2D eigenvalue weighted by Crippen LogP contribution is -2.44. The maximum atomic E-state index is 9.63. The number of hydrogen-bond donors (Lipinski definition) is 2. The molecule has 5 nitrogen and oxygen atoms in total. The van der Waals surface area contributed by atoms with Gasteiger partial charge in [-0.25, -0.2) is 0 Å². The van der Waals surface area contributed by atoms with Crippen LogP contribution in [0.15, 0.2) is 0 Å². The van der Waals surface area contributed by atoms with Crippen molar-refractivity contribution < 1.29 is 14.6 Å². The Morgan fingerprint density at radius 3 is 2.50 bits per heavy atom. The number of hydrogen-bond acceptors (Lipinski definition) is 5. The van der Waals surface area contributed by atoms with Gasteiger partial charge in [0.05, 0.1) is 6.10 Å². The van der Waals surface area contributed by atoms with Crippen LogP contribution >= 0.6 is 0 Å². The van der Waals surface area contributed by atoms with E-state index < -0.39 is 0 Å². The zero-order chi connectivity index (χ0) is 10.6. The van der Waals surface area contributed by atoms with Crippen molar-refractivity contribution in [1.29, 1.82) is 0 Å². The molecule has 1 saturated heterocycles. The van der Waals surface area contributed by atoms with E-state index in [2.05, 4.69) is 10.2 Å². The molecule has 1 aliphatic heterocycles. The van der Waals surface area contributed by atoms with Crippen LogP contribution in [-0.2, 0) is 9.47 Å². The predicted molar refractivity (Wildman–Crippen MR) is 53.1 cm³/mol. The smallest absolute Gasteiger partial charge is 0.169 e. The number of likely N-dealkylation sites (N-methyl/N-ethyl adjacent to an activating group) is 1. The molecule has 0 aromatic rings. The van der Waals surface area contributed by atoms with Crippen LogP contribution < -0.4 is 5.32 Å². The average molecular weight is 204 g/mol. The van der Waals surface area contributed by atoms with E-state index in [0.29, 0.717) is 13.1 Å². The summed E-state index contributed by atoms with van der Waals surface area (Å²) in [5, 5.41) is 12.8. The summed E-state index contributed by atoms with van der Waals surface area (Å²) in [5.74, 6) is 0. The monoisotopic (exact) mass is 204 g/mol. The number of rotatable bonds is 5. The van der Waals surface area contributed by atoms with E-state index in [1.807, 2.05) is 7.05 Å². The zero-order valence-electron chi connectivity index (χ0n) is 9.06. The third-order valence-electron chi connectivity index (χ3n) is 2.68. The number of nitrogens with one attached hydrogen (secondary N) is 1. The largest absolute Gasteiger partial charge is 0.390 e. The van der Waals surface area contributed by atoms with Crippen molar-refractivity contribution in [2.75, 3.05) is 40.9 Å². The molecule has 0 aromatic carbocycles. The molecule has 1 fully saturated rings. The van der Waals surface area contributed by atoms with Gasteiger partial charge in [0.15, 0.2) is 6.29 Å². The van der Waals surface area contributed by atoms with Crippen molar-refractivity contribution in [2.45, 2.75) is 18.4 Å². The molecule has 14 heavy (non-hydrogen) atoms. The Morgan fingerprint density at radius 1 is 1.43 bits per heavy atom. The van der Waals surface area contributed by atoms with Crippen molar-refractivity contribution in [3.8, 4) is 0 Å². The van der Waals surface area contributed by atoms with Gasteiger partial charge in [0.1, 0.15) is 0 Å². The second-order valence-electron chi connectivity index (χ2n) is 3.63. The van der Waals surface area contributed by atoms with E-state index in [-0.39, 0.29) is 18.4 Å². The summed E-state index contributed by atoms with van der Waals surface area (Å²) in [7, 11) is 5.20. The molecule has 1 heterocycles. The van der Waals surface area contributed by atoms with Crippen LogP contribution in [0.25, 0.3) is 0 Å². The minimum absolute atomic E-state index is 0.155. The molecular weight excluding hydrogens is 184 g/mol. The highest BCUT2D eigenvalue weighted by molar-refractivity contribution is 4.87. The maximum Gasteiger partial charge on any atom is 0.169 e. The minimum atomic E-state index is -0.297. The summed E-state index contributed by atoms with van der Waals surface area (Å²) in [4.78, 5) is 2.06. The first-order valence-corrected chi connectivity index (χ1v) is 4.83. The van der Waals surface area contributed by atoms with Crippen LogP contribution in [0.3, 0.4) is 0 Å². The molecule has 1 aliphatic rings. The normalized spacial score (nSPS) is 27.9. The molecule has 0 radical (unpaired) electrons. The lowest BCUT2D eigenvalue weighted by atomic mass is 10.2. The van der Waals surface area contributed by atoms with Crippen LogP contribution in [0, 0.1) is 0 Å². The molecule has 2 N–H and O–H groups in total. The van der Waals surface area contributed by atoms with Crippen molar-refractivity contribution in [3.05, 3.63) is 0 Å². The summed E-state index contributed by atoms with van der Waals surface area (Å²) < 4.78 is 10.2. The van der Waals surface area contributed by atoms with E-state index in [1.165, 1.54) is 0 Å². The van der Waals surface area contributed by atoms with E-state index in [4.69, 9.17) is 9.47 Å². The topological polar surface area (TPSA) is 54.0 Å². The molecular formula is C9H20N2O3. The van der Waals surface area contributed by atoms with Crippen LogP contribution in [0.1, 0.15) is 0 Å². The Kier molecular flexibility index (Phi) is 4.77. The SMILES string of the molecule is COC(CN(C)[C@@H]1CNC[C@H]1O)OC. The zero-order valence-corrected chi connectivity index (χ0v) is 9.06. The van der Waals surface area contributed by atoms with Gasteiger partial charge in [-0.3, -0.25) is 4.90 Å². The van der Waals surface area contributed by atoms with Gasteiger partial charge in [-0.2, -0.15) is 0 Å². The fourth-order valence-corrected chi connectivity index (χ4v) is 1.72. The van der Waals surface area contributed by atoms with E-state index in [0.717, 1.165) is 6.54 Å². The van der Waals surface area contributed by atoms with Crippen molar-refractivity contribution in [3.63, 3.8) is 0 Å². The number of methoxy groups -OCH3 is 2. The summed E-state index contributed by atoms with van der Waals surface area (Å²) in [6.45, 7) is 2.15. The molecule has 84 valence electrons. The highest BCUT2D eigenvalue weighted by atomic mass is 16.7. The van der Waals surface area contributed by atoms with Gasteiger partial charge in [0.25, 0.3) is 0 Å². The van der Waals surface area contributed by atoms with Crippen molar-refractivity contribution in [1.82, 2.24) is 10.2 Å². The van der Waals surface area contributed by atoms with Gasteiger partial charge in [0.2, 0.25) is 0 Å². The number of nitrogens with zero attached hydrogens (tertiary/aromatic N) is 1. The third kappa shape index (κ3) is 2.90. The molecule has 5 heteroatoms. The molecule has 0 unspecified atom stereocenters. The highest BCUT2D eigenvalue weighted by Gasteiger charge is 2.29. The van der Waals surface area contributed by atoms with Gasteiger partial charge in [0, 0.05) is 39.9 Å². The van der Waals surface area contributed by atoms with Crippen molar-refractivity contribution >= 4 is 0 Å². The summed E-state index contributed by atoms with van der Waals surface area (Å²) >= 11 is 0.